The molecule has 3 atom stereocenters. The Labute approximate surface area is 276 Å². The van der Waals surface area contributed by atoms with E-state index in [1.54, 1.807) is 0 Å². The minimum absolute atomic E-state index is 0.0345. The van der Waals surface area contributed by atoms with Gasteiger partial charge in [-0.3, -0.25) is 4.90 Å². The predicted molar refractivity (Wildman–Crippen MR) is 180 cm³/mol. The van der Waals surface area contributed by atoms with Crippen molar-refractivity contribution in [2.24, 2.45) is 0 Å². The number of hydrogen-bond donors (Lipinski definition) is 1. The molecule has 1 amide bonds. The normalized spacial score (nSPS) is 18.3. The van der Waals surface area contributed by atoms with Crippen LogP contribution < -0.4 is 10.2 Å². The largest absolute Gasteiger partial charge is 0.447 e. The smallest absolute Gasteiger partial charge is 0.407 e. The van der Waals surface area contributed by atoms with Crippen molar-refractivity contribution in [3.8, 4) is 0 Å². The molecule has 1 N–H and O–H groups in total. The number of amides is 1. The quantitative estimate of drug-likeness (QED) is 0.207. The number of ether oxygens (including phenoxy) is 2. The number of rotatable bonds is 12. The Bertz CT molecular complexity index is 1540. The van der Waals surface area contributed by atoms with E-state index in [4.69, 9.17) is 21.1 Å². The van der Waals surface area contributed by atoms with E-state index in [0.717, 1.165) is 67.5 Å². The van der Waals surface area contributed by atoms with Crippen molar-refractivity contribution in [2.75, 3.05) is 44.3 Å². The van der Waals surface area contributed by atoms with E-state index in [0.29, 0.717) is 19.4 Å². The van der Waals surface area contributed by atoms with Gasteiger partial charge < -0.3 is 19.7 Å². The van der Waals surface area contributed by atoms with Gasteiger partial charge in [-0.15, -0.1) is 5.10 Å². The van der Waals surface area contributed by atoms with Crippen molar-refractivity contribution in [3.63, 3.8) is 0 Å². The fourth-order valence-corrected chi connectivity index (χ4v) is 6.58. The number of alkyl carbamates (subject to hydrolysis) is 1. The van der Waals surface area contributed by atoms with Crippen LogP contribution >= 0.6 is 11.6 Å². The Hall–Kier alpha value is -3.92. The molecule has 9 nitrogen and oxygen atoms in total. The molecule has 1 aromatic heterocycles. The molecule has 2 aliphatic heterocycles. The summed E-state index contributed by atoms with van der Waals surface area (Å²) in [5.41, 5.74) is 5.63. The maximum atomic E-state index is 13.2. The highest BCUT2D eigenvalue weighted by Gasteiger charge is 2.29. The predicted octanol–water partition coefficient (Wildman–Crippen LogP) is 5.86. The summed E-state index contributed by atoms with van der Waals surface area (Å²) in [6, 6.07) is 26.1. The molecule has 2 fully saturated rings. The molecule has 2 saturated heterocycles. The number of carbonyl (C=O) groups is 1. The zero-order valence-corrected chi connectivity index (χ0v) is 27.2. The van der Waals surface area contributed by atoms with Crippen LogP contribution in [0.3, 0.4) is 0 Å². The van der Waals surface area contributed by atoms with Gasteiger partial charge in [-0.05, 0) is 61.4 Å². The Balaban J connectivity index is 1.17. The van der Waals surface area contributed by atoms with Gasteiger partial charge in [0, 0.05) is 50.0 Å². The Kier molecular flexibility index (Phi) is 10.9. The molecule has 0 aliphatic carbocycles. The first-order valence-electron chi connectivity index (χ1n) is 16.3. The number of halogens is 1. The zero-order valence-electron chi connectivity index (χ0n) is 26.4. The second kappa shape index (κ2) is 15.6. The lowest BCUT2D eigenvalue weighted by atomic mass is 9.94. The van der Waals surface area contributed by atoms with Crippen molar-refractivity contribution in [1.82, 2.24) is 25.2 Å². The van der Waals surface area contributed by atoms with Gasteiger partial charge in [0.25, 0.3) is 0 Å². The Morgan fingerprint density at radius 1 is 1.00 bits per heavy atom. The van der Waals surface area contributed by atoms with Crippen LogP contribution in [-0.2, 0) is 28.9 Å². The topological polar surface area (TPSA) is 84.8 Å². The molecule has 6 rings (SSSR count). The molecule has 4 aromatic rings. The maximum Gasteiger partial charge on any atom is 0.407 e. The highest BCUT2D eigenvalue weighted by molar-refractivity contribution is 6.30. The number of aromatic nitrogens is 3. The van der Waals surface area contributed by atoms with Crippen LogP contribution in [0.5, 0.6) is 0 Å². The van der Waals surface area contributed by atoms with Gasteiger partial charge in [-0.2, -0.15) is 0 Å². The fourth-order valence-electron chi connectivity index (χ4n) is 6.41. The summed E-state index contributed by atoms with van der Waals surface area (Å²) in [6.45, 7) is 7.49. The van der Waals surface area contributed by atoms with Crippen molar-refractivity contribution in [3.05, 3.63) is 112 Å². The number of hydrogen-bond acceptors (Lipinski definition) is 7. The Morgan fingerprint density at radius 3 is 2.41 bits per heavy atom. The first kappa shape index (κ1) is 32.0. The summed E-state index contributed by atoms with van der Waals surface area (Å²) < 4.78 is 13.2. The molecular weight excluding hydrogens is 600 g/mol. The first-order valence-corrected chi connectivity index (χ1v) is 16.6. The lowest BCUT2D eigenvalue weighted by molar-refractivity contribution is 0.0420. The van der Waals surface area contributed by atoms with E-state index < -0.39 is 6.09 Å². The highest BCUT2D eigenvalue weighted by atomic mass is 35.5. The molecule has 1 unspecified atom stereocenters. The van der Waals surface area contributed by atoms with Crippen molar-refractivity contribution in [2.45, 2.75) is 57.3 Å². The molecule has 0 bridgehead atoms. The Morgan fingerprint density at radius 2 is 1.72 bits per heavy atom. The SMILES string of the molecule is Cc1ccc(Cl)cc1N1CCN(Cc2cn([C@@H](Cc3ccccc3)[C@H](Cc3ccccc3)NC(=O)OCC3CCCO3)nn2)CC1. The lowest BCUT2D eigenvalue weighted by Gasteiger charge is -2.36. The number of piperazine rings is 1. The second-order valence-electron chi connectivity index (χ2n) is 12.3. The average Bonchev–Trinajstić information content (AvgIpc) is 3.78. The van der Waals surface area contributed by atoms with E-state index in [-0.39, 0.29) is 24.8 Å². The molecule has 3 aromatic carbocycles. The molecule has 3 heterocycles. The number of benzene rings is 3. The van der Waals surface area contributed by atoms with Gasteiger partial charge in [0.15, 0.2) is 0 Å². The van der Waals surface area contributed by atoms with Crippen LogP contribution in [0.25, 0.3) is 0 Å². The molecule has 0 radical (unpaired) electrons. The molecule has 0 saturated carbocycles. The number of nitrogens with zero attached hydrogens (tertiary/aromatic N) is 5. The third-order valence-electron chi connectivity index (χ3n) is 8.95. The highest BCUT2D eigenvalue weighted by Crippen LogP contribution is 2.26. The van der Waals surface area contributed by atoms with E-state index in [1.165, 1.54) is 11.3 Å². The summed E-state index contributed by atoms with van der Waals surface area (Å²) in [4.78, 5) is 18.0. The zero-order chi connectivity index (χ0) is 31.7. The standard InChI is InChI=1S/C36H43ClN6O3/c1-27-14-15-30(37)23-34(27)42-18-16-41(17-19-42)24-31-25-43(40-39-31)35(22-29-11-6-3-7-12-29)33(21-28-9-4-2-5-10-28)38-36(44)46-26-32-13-8-20-45-32/h2-7,9-12,14-15,23,25,32-33,35H,8,13,16-22,24,26H2,1H3,(H,38,44)/t32?,33-,35-/m0/s1. The van der Waals surface area contributed by atoms with Crippen LogP contribution in [0.4, 0.5) is 10.5 Å². The number of aryl methyl sites for hydroxylation is 1. The van der Waals surface area contributed by atoms with Crippen LogP contribution in [0.15, 0.2) is 85.1 Å². The molecule has 10 heteroatoms. The van der Waals surface area contributed by atoms with Crippen LogP contribution in [-0.4, -0.2) is 77.5 Å². The summed E-state index contributed by atoms with van der Waals surface area (Å²) in [5.74, 6) is 0. The second-order valence-corrected chi connectivity index (χ2v) is 12.8. The molecule has 242 valence electrons. The van der Waals surface area contributed by atoms with Crippen LogP contribution in [0, 0.1) is 6.92 Å². The van der Waals surface area contributed by atoms with Crippen molar-refractivity contribution in [1.29, 1.82) is 0 Å². The molecule has 0 spiro atoms. The summed E-state index contributed by atoms with van der Waals surface area (Å²) >= 11 is 6.30. The lowest BCUT2D eigenvalue weighted by Crippen LogP contribution is -2.46. The summed E-state index contributed by atoms with van der Waals surface area (Å²) in [5, 5.41) is 13.2. The first-order chi connectivity index (χ1) is 22.5. The third kappa shape index (κ3) is 8.66. The van der Waals surface area contributed by atoms with Gasteiger partial charge in [-0.1, -0.05) is 83.5 Å². The maximum absolute atomic E-state index is 13.2. The molecule has 2 aliphatic rings. The minimum atomic E-state index is -0.442. The van der Waals surface area contributed by atoms with Gasteiger partial charge in [0.1, 0.15) is 6.61 Å². The minimum Gasteiger partial charge on any atom is -0.447 e. The molecule has 46 heavy (non-hydrogen) atoms. The van der Waals surface area contributed by atoms with Crippen LogP contribution in [0.1, 0.15) is 41.3 Å². The van der Waals surface area contributed by atoms with E-state index in [2.05, 4.69) is 68.8 Å². The van der Waals surface area contributed by atoms with Gasteiger partial charge >= 0.3 is 6.09 Å². The monoisotopic (exact) mass is 642 g/mol. The van der Waals surface area contributed by atoms with E-state index in [9.17, 15) is 4.79 Å². The molecular formula is C36H43ClN6O3. The summed E-state index contributed by atoms with van der Waals surface area (Å²) in [7, 11) is 0. The van der Waals surface area contributed by atoms with Gasteiger partial charge in [0.05, 0.1) is 30.1 Å². The van der Waals surface area contributed by atoms with Gasteiger partial charge in [-0.25, -0.2) is 9.48 Å². The third-order valence-corrected chi connectivity index (χ3v) is 9.18. The number of anilines is 1. The summed E-state index contributed by atoms with van der Waals surface area (Å²) in [6.07, 6.45) is 4.76. The average molecular weight is 643 g/mol. The van der Waals surface area contributed by atoms with E-state index in [1.807, 2.05) is 53.3 Å². The van der Waals surface area contributed by atoms with Crippen LogP contribution in [0.2, 0.25) is 5.02 Å². The van der Waals surface area contributed by atoms with Gasteiger partial charge in [0.2, 0.25) is 0 Å². The van der Waals surface area contributed by atoms with E-state index >= 15 is 0 Å². The number of carbonyl (C=O) groups excluding carboxylic acids is 1. The van der Waals surface area contributed by atoms with Crippen molar-refractivity contribution < 1.29 is 14.3 Å². The van der Waals surface area contributed by atoms with Crippen molar-refractivity contribution >= 4 is 23.4 Å². The number of nitrogens with one attached hydrogen (secondary N) is 1. The fraction of sp³-hybridized carbons (Fsp3) is 0.417.